The predicted molar refractivity (Wildman–Crippen MR) is 99.5 cm³/mol. The lowest BCUT2D eigenvalue weighted by atomic mass is 9.95. The average molecular weight is 355 g/mol. The van der Waals surface area contributed by atoms with Gasteiger partial charge in [-0.05, 0) is 50.6 Å². The molecule has 138 valence electrons. The molecule has 0 unspecified atom stereocenters. The molecule has 1 aliphatic heterocycles. The van der Waals surface area contributed by atoms with E-state index in [-0.39, 0.29) is 11.8 Å². The fourth-order valence-corrected chi connectivity index (χ4v) is 3.23. The van der Waals surface area contributed by atoms with Crippen LogP contribution in [0.5, 0.6) is 0 Å². The molecule has 0 atom stereocenters. The summed E-state index contributed by atoms with van der Waals surface area (Å²) >= 11 is 0. The maximum atomic E-state index is 12.4. The molecule has 2 heterocycles. The zero-order valence-corrected chi connectivity index (χ0v) is 15.0. The van der Waals surface area contributed by atoms with E-state index in [4.69, 9.17) is 5.73 Å². The number of benzene rings is 1. The molecule has 7 nitrogen and oxygen atoms in total. The van der Waals surface area contributed by atoms with Crippen LogP contribution in [-0.2, 0) is 17.9 Å². The van der Waals surface area contributed by atoms with E-state index in [1.807, 2.05) is 25.3 Å². The Kier molecular flexibility index (Phi) is 5.68. The summed E-state index contributed by atoms with van der Waals surface area (Å²) < 4.78 is 1.79. The topological polar surface area (TPSA) is 93.3 Å². The number of nitrogens with zero attached hydrogens (tertiary/aromatic N) is 3. The van der Waals surface area contributed by atoms with E-state index < -0.39 is 5.91 Å². The summed E-state index contributed by atoms with van der Waals surface area (Å²) in [6, 6.07) is 7.39. The summed E-state index contributed by atoms with van der Waals surface area (Å²) in [7, 11) is 0. The summed E-state index contributed by atoms with van der Waals surface area (Å²) in [5.74, 6) is -0.299. The van der Waals surface area contributed by atoms with Crippen molar-refractivity contribution >= 4 is 17.5 Å². The van der Waals surface area contributed by atoms with E-state index in [0.717, 1.165) is 50.3 Å². The summed E-state index contributed by atoms with van der Waals surface area (Å²) in [5, 5.41) is 7.14. The van der Waals surface area contributed by atoms with Crippen LogP contribution in [0.15, 0.2) is 36.7 Å². The molecule has 1 aliphatic rings. The molecule has 0 aliphatic carbocycles. The van der Waals surface area contributed by atoms with Gasteiger partial charge in [0.25, 0.3) is 0 Å². The van der Waals surface area contributed by atoms with Gasteiger partial charge in [0.2, 0.25) is 11.8 Å². The second-order valence-electron chi connectivity index (χ2n) is 6.69. The highest BCUT2D eigenvalue weighted by atomic mass is 16.2. The van der Waals surface area contributed by atoms with Crippen molar-refractivity contribution in [2.24, 2.45) is 11.7 Å². The van der Waals surface area contributed by atoms with Crippen molar-refractivity contribution in [1.29, 1.82) is 0 Å². The molecule has 3 N–H and O–H groups in total. The van der Waals surface area contributed by atoms with E-state index in [0.29, 0.717) is 5.56 Å². The number of aromatic nitrogens is 2. The van der Waals surface area contributed by atoms with E-state index >= 15 is 0 Å². The molecule has 7 heteroatoms. The van der Waals surface area contributed by atoms with Gasteiger partial charge in [0.15, 0.2) is 0 Å². The first-order valence-electron chi connectivity index (χ1n) is 8.99. The zero-order valence-electron chi connectivity index (χ0n) is 15.0. The number of carbonyl (C=O) groups is 2. The second kappa shape index (κ2) is 8.14. The Hall–Kier alpha value is -2.67. The number of hydrogen-bond donors (Lipinski definition) is 2. The lowest BCUT2D eigenvalue weighted by Gasteiger charge is -2.31. The largest absolute Gasteiger partial charge is 0.366 e. The van der Waals surface area contributed by atoms with Crippen molar-refractivity contribution in [2.45, 2.75) is 32.9 Å². The van der Waals surface area contributed by atoms with Crippen molar-refractivity contribution in [1.82, 2.24) is 14.7 Å². The molecule has 1 fully saturated rings. The van der Waals surface area contributed by atoms with Crippen LogP contribution in [0.3, 0.4) is 0 Å². The Morgan fingerprint density at radius 2 is 1.92 bits per heavy atom. The molecule has 0 spiro atoms. The maximum Gasteiger partial charge on any atom is 0.248 e. The smallest absolute Gasteiger partial charge is 0.248 e. The number of nitrogens with one attached hydrogen (secondary N) is 1. The van der Waals surface area contributed by atoms with Crippen LogP contribution in [0, 0.1) is 5.92 Å². The first-order chi connectivity index (χ1) is 12.5. The Balaban J connectivity index is 1.47. The molecule has 3 rings (SSSR count). The number of likely N-dealkylation sites (tertiary alicyclic amines) is 1. The zero-order chi connectivity index (χ0) is 18.5. The van der Waals surface area contributed by atoms with Gasteiger partial charge in [0.1, 0.15) is 0 Å². The number of amides is 2. The highest BCUT2D eigenvalue weighted by molar-refractivity contribution is 5.93. The van der Waals surface area contributed by atoms with Crippen LogP contribution in [0.2, 0.25) is 0 Å². The van der Waals surface area contributed by atoms with E-state index in [1.165, 1.54) is 0 Å². The Labute approximate surface area is 153 Å². The highest BCUT2D eigenvalue weighted by Crippen LogP contribution is 2.21. The first-order valence-corrected chi connectivity index (χ1v) is 8.99. The number of nitrogens with two attached hydrogens (primary N) is 1. The lowest BCUT2D eigenvalue weighted by Crippen LogP contribution is -2.37. The summed E-state index contributed by atoms with van der Waals surface area (Å²) in [4.78, 5) is 25.9. The summed E-state index contributed by atoms with van der Waals surface area (Å²) in [6.07, 6.45) is 5.22. The molecule has 2 amide bonds. The number of anilines is 1. The molecular weight excluding hydrogens is 330 g/mol. The van der Waals surface area contributed by atoms with Gasteiger partial charge in [-0.3, -0.25) is 19.2 Å². The third-order valence-corrected chi connectivity index (χ3v) is 4.83. The van der Waals surface area contributed by atoms with Crippen molar-refractivity contribution in [3.05, 3.63) is 47.8 Å². The third kappa shape index (κ3) is 4.49. The Bertz CT molecular complexity index is 760. The van der Waals surface area contributed by atoms with Crippen LogP contribution in [0.1, 0.15) is 35.7 Å². The molecule has 0 saturated carbocycles. The van der Waals surface area contributed by atoms with Crippen LogP contribution in [0.4, 0.5) is 5.69 Å². The maximum absolute atomic E-state index is 12.4. The summed E-state index contributed by atoms with van der Waals surface area (Å²) in [6.45, 7) is 5.37. The molecule has 26 heavy (non-hydrogen) atoms. The van der Waals surface area contributed by atoms with Crippen molar-refractivity contribution in [2.75, 3.05) is 18.4 Å². The lowest BCUT2D eigenvalue weighted by molar-refractivity contribution is -0.121. The summed E-state index contributed by atoms with van der Waals surface area (Å²) in [5.41, 5.74) is 7.69. The number of rotatable bonds is 6. The van der Waals surface area contributed by atoms with Gasteiger partial charge in [0, 0.05) is 30.8 Å². The minimum absolute atomic E-state index is 0.0356. The van der Waals surface area contributed by atoms with Gasteiger partial charge in [0.05, 0.1) is 11.9 Å². The third-order valence-electron chi connectivity index (χ3n) is 4.83. The molecule has 1 saturated heterocycles. The van der Waals surface area contributed by atoms with Crippen molar-refractivity contribution in [3.63, 3.8) is 0 Å². The Morgan fingerprint density at radius 3 is 2.50 bits per heavy atom. The van der Waals surface area contributed by atoms with Gasteiger partial charge in [-0.1, -0.05) is 12.1 Å². The first kappa shape index (κ1) is 18.1. The normalized spacial score (nSPS) is 15.7. The van der Waals surface area contributed by atoms with Gasteiger partial charge < -0.3 is 11.1 Å². The SMILES string of the molecule is CCn1cc(NC(=O)C2CCN(Cc3ccc(C(N)=O)cc3)CC2)cn1. The number of carbonyl (C=O) groups excluding carboxylic acids is 2. The molecular formula is C19H25N5O2. The van der Waals surface area contributed by atoms with E-state index in [9.17, 15) is 9.59 Å². The standard InChI is InChI=1S/C19H25N5O2/c1-2-24-13-17(11-21-24)22-19(26)16-7-9-23(10-8-16)12-14-3-5-15(6-4-14)18(20)25/h3-6,11,13,16H,2,7-10,12H2,1H3,(H2,20,25)(H,22,26). The monoisotopic (exact) mass is 355 g/mol. The van der Waals surface area contributed by atoms with Crippen molar-refractivity contribution in [3.8, 4) is 0 Å². The number of piperidine rings is 1. The molecule has 0 bridgehead atoms. The van der Waals surface area contributed by atoms with E-state index in [1.54, 1.807) is 23.0 Å². The van der Waals surface area contributed by atoms with Crippen molar-refractivity contribution < 1.29 is 9.59 Å². The quantitative estimate of drug-likeness (QED) is 0.827. The number of aryl methyl sites for hydroxylation is 1. The number of primary amides is 1. The predicted octanol–water partition coefficient (Wildman–Crippen LogP) is 1.85. The molecule has 1 aromatic heterocycles. The van der Waals surface area contributed by atoms with Crippen LogP contribution in [-0.4, -0.2) is 39.6 Å². The van der Waals surface area contributed by atoms with Crippen LogP contribution >= 0.6 is 0 Å². The second-order valence-corrected chi connectivity index (χ2v) is 6.69. The van der Waals surface area contributed by atoms with Crippen LogP contribution < -0.4 is 11.1 Å². The Morgan fingerprint density at radius 1 is 1.23 bits per heavy atom. The average Bonchev–Trinajstić information content (AvgIpc) is 3.10. The minimum atomic E-state index is -0.409. The van der Waals surface area contributed by atoms with E-state index in [2.05, 4.69) is 15.3 Å². The number of hydrogen-bond acceptors (Lipinski definition) is 4. The van der Waals surface area contributed by atoms with Gasteiger partial charge in [-0.15, -0.1) is 0 Å². The van der Waals surface area contributed by atoms with Gasteiger partial charge >= 0.3 is 0 Å². The minimum Gasteiger partial charge on any atom is -0.366 e. The van der Waals surface area contributed by atoms with Crippen LogP contribution in [0.25, 0.3) is 0 Å². The van der Waals surface area contributed by atoms with Gasteiger partial charge in [-0.2, -0.15) is 5.10 Å². The highest BCUT2D eigenvalue weighted by Gasteiger charge is 2.25. The molecule has 0 radical (unpaired) electrons. The molecule has 2 aromatic rings. The fraction of sp³-hybridized carbons (Fsp3) is 0.421. The fourth-order valence-electron chi connectivity index (χ4n) is 3.23. The van der Waals surface area contributed by atoms with Gasteiger partial charge in [-0.25, -0.2) is 0 Å². The molecule has 1 aromatic carbocycles.